The molecule has 2 rings (SSSR count). The van der Waals surface area contributed by atoms with Gasteiger partial charge in [-0.25, -0.2) is 0 Å². The number of hydrogen-bond donors (Lipinski definition) is 1. The summed E-state index contributed by atoms with van der Waals surface area (Å²) in [5, 5.41) is 2.91. The monoisotopic (exact) mass is 267 g/mol. The molecule has 1 amide bonds. The average molecular weight is 267 g/mol. The van der Waals surface area contributed by atoms with E-state index in [2.05, 4.69) is 5.32 Å². The van der Waals surface area contributed by atoms with E-state index in [1.165, 1.54) is 11.8 Å². The highest BCUT2D eigenvalue weighted by Crippen LogP contribution is 2.21. The summed E-state index contributed by atoms with van der Waals surface area (Å²) < 4.78 is 10.4. The van der Waals surface area contributed by atoms with E-state index in [1.807, 2.05) is 31.2 Å². The van der Waals surface area contributed by atoms with Gasteiger partial charge in [-0.15, -0.1) is 11.8 Å². The van der Waals surface area contributed by atoms with E-state index in [-0.39, 0.29) is 11.9 Å². The third kappa shape index (κ3) is 3.92. The lowest BCUT2D eigenvalue weighted by molar-refractivity contribution is -0.122. The van der Waals surface area contributed by atoms with Crippen LogP contribution >= 0.6 is 11.8 Å². The van der Waals surface area contributed by atoms with Gasteiger partial charge in [-0.1, -0.05) is 0 Å². The lowest BCUT2D eigenvalue weighted by Crippen LogP contribution is -2.49. The first-order valence-corrected chi connectivity index (χ1v) is 6.99. The molecule has 5 heteroatoms. The smallest absolute Gasteiger partial charge is 0.230 e. The van der Waals surface area contributed by atoms with Crippen LogP contribution in [0.4, 0.5) is 0 Å². The predicted molar refractivity (Wildman–Crippen MR) is 71.1 cm³/mol. The molecule has 18 heavy (non-hydrogen) atoms. The minimum absolute atomic E-state index is 0.0576. The van der Waals surface area contributed by atoms with Gasteiger partial charge in [0, 0.05) is 4.90 Å². The molecule has 1 aliphatic rings. The average Bonchev–Trinajstić information content (AvgIpc) is 2.33. The van der Waals surface area contributed by atoms with Crippen LogP contribution in [0.5, 0.6) is 5.75 Å². The second-order valence-corrected chi connectivity index (χ2v) is 5.04. The Labute approximate surface area is 111 Å². The topological polar surface area (TPSA) is 47.6 Å². The fourth-order valence-electron chi connectivity index (χ4n) is 1.54. The standard InChI is InChI=1S/C13H17NO3S/c1-2-17-11-3-5-12(6-4-11)18-9-13(15)14-10-7-16-8-10/h3-6,10H,2,7-9H2,1H3,(H,14,15). The van der Waals surface area contributed by atoms with E-state index < -0.39 is 0 Å². The summed E-state index contributed by atoms with van der Waals surface area (Å²) in [5.41, 5.74) is 0. The van der Waals surface area contributed by atoms with Gasteiger partial charge in [0.1, 0.15) is 5.75 Å². The van der Waals surface area contributed by atoms with E-state index in [9.17, 15) is 4.79 Å². The third-order valence-corrected chi connectivity index (χ3v) is 3.52. The van der Waals surface area contributed by atoms with Gasteiger partial charge < -0.3 is 14.8 Å². The number of hydrogen-bond acceptors (Lipinski definition) is 4. The van der Waals surface area contributed by atoms with Gasteiger partial charge in [0.25, 0.3) is 0 Å². The fraction of sp³-hybridized carbons (Fsp3) is 0.462. The molecule has 4 nitrogen and oxygen atoms in total. The first kappa shape index (κ1) is 13.2. The van der Waals surface area contributed by atoms with Crippen molar-refractivity contribution < 1.29 is 14.3 Å². The Morgan fingerprint density at radius 3 is 2.72 bits per heavy atom. The lowest BCUT2D eigenvalue weighted by Gasteiger charge is -2.26. The zero-order chi connectivity index (χ0) is 12.8. The Balaban J connectivity index is 1.73. The Bertz CT molecular complexity index is 390. The number of nitrogens with one attached hydrogen (secondary N) is 1. The number of rotatable bonds is 6. The van der Waals surface area contributed by atoms with Crippen molar-refractivity contribution in [2.75, 3.05) is 25.6 Å². The van der Waals surface area contributed by atoms with Crippen molar-refractivity contribution in [3.63, 3.8) is 0 Å². The zero-order valence-corrected chi connectivity index (χ0v) is 11.2. The van der Waals surface area contributed by atoms with Gasteiger partial charge in [0.05, 0.1) is 31.6 Å². The van der Waals surface area contributed by atoms with Crippen LogP contribution in [0.3, 0.4) is 0 Å². The van der Waals surface area contributed by atoms with Crippen LogP contribution in [-0.2, 0) is 9.53 Å². The first-order chi connectivity index (χ1) is 8.78. The number of ether oxygens (including phenoxy) is 2. The zero-order valence-electron chi connectivity index (χ0n) is 10.3. The van der Waals surface area contributed by atoms with E-state index in [4.69, 9.17) is 9.47 Å². The lowest BCUT2D eigenvalue weighted by atomic mass is 10.2. The maximum Gasteiger partial charge on any atom is 0.230 e. The van der Waals surface area contributed by atoms with Crippen LogP contribution in [0.15, 0.2) is 29.2 Å². The molecular weight excluding hydrogens is 250 g/mol. The Morgan fingerprint density at radius 2 is 2.17 bits per heavy atom. The van der Waals surface area contributed by atoms with Gasteiger partial charge in [-0.2, -0.15) is 0 Å². The number of amides is 1. The fourth-order valence-corrected chi connectivity index (χ4v) is 2.25. The summed E-state index contributed by atoms with van der Waals surface area (Å²) in [6.07, 6.45) is 0. The van der Waals surface area contributed by atoms with Gasteiger partial charge in [0.15, 0.2) is 0 Å². The molecule has 1 aromatic rings. The van der Waals surface area contributed by atoms with Gasteiger partial charge in [-0.3, -0.25) is 4.79 Å². The van der Waals surface area contributed by atoms with E-state index in [1.54, 1.807) is 0 Å². The van der Waals surface area contributed by atoms with Gasteiger partial charge >= 0.3 is 0 Å². The summed E-state index contributed by atoms with van der Waals surface area (Å²) >= 11 is 1.52. The first-order valence-electron chi connectivity index (χ1n) is 6.00. The van der Waals surface area contributed by atoms with Crippen LogP contribution < -0.4 is 10.1 Å². The summed E-state index contributed by atoms with van der Waals surface area (Å²) in [7, 11) is 0. The molecule has 1 aromatic carbocycles. The minimum Gasteiger partial charge on any atom is -0.494 e. The molecule has 98 valence electrons. The SMILES string of the molecule is CCOc1ccc(SCC(=O)NC2COC2)cc1. The normalized spacial score (nSPS) is 14.9. The number of carbonyl (C=O) groups excluding carboxylic acids is 1. The highest BCUT2D eigenvalue weighted by molar-refractivity contribution is 8.00. The van der Waals surface area contributed by atoms with Gasteiger partial charge in [-0.05, 0) is 31.2 Å². The molecule has 0 aromatic heterocycles. The van der Waals surface area contributed by atoms with Crippen LogP contribution in [0.25, 0.3) is 0 Å². The molecule has 1 aliphatic heterocycles. The third-order valence-electron chi connectivity index (χ3n) is 2.51. The molecule has 1 heterocycles. The predicted octanol–water partition coefficient (Wildman–Crippen LogP) is 1.69. The molecule has 0 bridgehead atoms. The van der Waals surface area contributed by atoms with Crippen molar-refractivity contribution in [1.29, 1.82) is 0 Å². The van der Waals surface area contributed by atoms with Crippen LogP contribution in [0.1, 0.15) is 6.92 Å². The number of carbonyl (C=O) groups is 1. The molecule has 0 saturated carbocycles. The Kier molecular flexibility index (Phi) is 4.90. The van der Waals surface area contributed by atoms with E-state index in [0.717, 1.165) is 10.6 Å². The maximum atomic E-state index is 11.6. The summed E-state index contributed by atoms with van der Waals surface area (Å²) in [6.45, 7) is 3.90. The van der Waals surface area contributed by atoms with Gasteiger partial charge in [0.2, 0.25) is 5.91 Å². The van der Waals surface area contributed by atoms with Crippen LogP contribution in [0.2, 0.25) is 0 Å². The van der Waals surface area contributed by atoms with Crippen molar-refractivity contribution in [1.82, 2.24) is 5.32 Å². The molecule has 0 unspecified atom stereocenters. The maximum absolute atomic E-state index is 11.6. The molecular formula is C13H17NO3S. The molecule has 0 spiro atoms. The Hall–Kier alpha value is -1.20. The summed E-state index contributed by atoms with van der Waals surface area (Å²) in [6, 6.07) is 7.98. The minimum atomic E-state index is 0.0576. The van der Waals surface area contributed by atoms with Crippen molar-refractivity contribution in [2.45, 2.75) is 17.9 Å². The quantitative estimate of drug-likeness (QED) is 0.797. The van der Waals surface area contributed by atoms with E-state index in [0.29, 0.717) is 25.6 Å². The highest BCUT2D eigenvalue weighted by Gasteiger charge is 2.19. The number of thioether (sulfide) groups is 1. The second kappa shape index (κ2) is 6.66. The molecule has 1 saturated heterocycles. The second-order valence-electron chi connectivity index (χ2n) is 3.99. The molecule has 1 fully saturated rings. The highest BCUT2D eigenvalue weighted by atomic mass is 32.2. The van der Waals surface area contributed by atoms with Crippen LogP contribution in [0, 0.1) is 0 Å². The summed E-state index contributed by atoms with van der Waals surface area (Å²) in [5.74, 6) is 1.35. The van der Waals surface area contributed by atoms with E-state index >= 15 is 0 Å². The summed E-state index contributed by atoms with van der Waals surface area (Å²) in [4.78, 5) is 12.6. The largest absolute Gasteiger partial charge is 0.494 e. The Morgan fingerprint density at radius 1 is 1.44 bits per heavy atom. The van der Waals surface area contributed by atoms with Crippen molar-refractivity contribution >= 4 is 17.7 Å². The van der Waals surface area contributed by atoms with Crippen LogP contribution in [-0.4, -0.2) is 37.5 Å². The van der Waals surface area contributed by atoms with Crippen molar-refractivity contribution in [3.05, 3.63) is 24.3 Å². The molecule has 0 atom stereocenters. The van der Waals surface area contributed by atoms with Crippen molar-refractivity contribution in [3.8, 4) is 5.75 Å². The molecule has 0 aliphatic carbocycles. The molecule has 0 radical (unpaired) electrons. The van der Waals surface area contributed by atoms with Crippen molar-refractivity contribution in [2.24, 2.45) is 0 Å². The molecule has 1 N–H and O–H groups in total. The number of benzene rings is 1.